The van der Waals surface area contributed by atoms with Crippen molar-refractivity contribution in [1.82, 2.24) is 4.98 Å². The fourth-order valence-electron chi connectivity index (χ4n) is 1.74. The number of hydrogen-bond donors (Lipinski definition) is 2. The molecule has 6 heteroatoms. The van der Waals surface area contributed by atoms with E-state index >= 15 is 0 Å². The van der Waals surface area contributed by atoms with Crippen molar-refractivity contribution in [3.05, 3.63) is 52.8 Å². The zero-order valence-electron chi connectivity index (χ0n) is 11.4. The minimum absolute atomic E-state index is 0.264. The number of amides is 1. The van der Waals surface area contributed by atoms with Crippen molar-refractivity contribution < 1.29 is 4.79 Å². The van der Waals surface area contributed by atoms with Crippen LogP contribution >= 0.6 is 11.6 Å². The van der Waals surface area contributed by atoms with E-state index in [0.717, 1.165) is 12.2 Å². The van der Waals surface area contributed by atoms with Crippen molar-refractivity contribution in [2.24, 2.45) is 0 Å². The van der Waals surface area contributed by atoms with Crippen molar-refractivity contribution in [2.45, 2.75) is 6.92 Å². The second-order valence-electron chi connectivity index (χ2n) is 4.22. The van der Waals surface area contributed by atoms with Gasteiger partial charge in [0, 0.05) is 11.6 Å². The third-order valence-electron chi connectivity index (χ3n) is 2.73. The number of rotatable bonds is 4. The highest BCUT2D eigenvalue weighted by molar-refractivity contribution is 6.31. The monoisotopic (exact) mass is 300 g/mol. The van der Waals surface area contributed by atoms with Crippen LogP contribution in [0.5, 0.6) is 0 Å². The van der Waals surface area contributed by atoms with Gasteiger partial charge in [0.2, 0.25) is 0 Å². The lowest BCUT2D eigenvalue weighted by Gasteiger charge is -2.08. The molecule has 2 rings (SSSR count). The Hall–Kier alpha value is -2.58. The molecule has 2 aromatic rings. The topological polar surface area (TPSA) is 77.8 Å². The molecule has 0 saturated heterocycles. The maximum Gasteiger partial charge on any atom is 0.274 e. The summed E-state index contributed by atoms with van der Waals surface area (Å²) in [6.07, 6.45) is 1.58. The Kier molecular flexibility index (Phi) is 4.75. The Morgan fingerprint density at radius 2 is 2.19 bits per heavy atom. The van der Waals surface area contributed by atoms with Gasteiger partial charge in [-0.3, -0.25) is 4.79 Å². The highest BCUT2D eigenvalue weighted by Crippen LogP contribution is 2.21. The van der Waals surface area contributed by atoms with E-state index in [2.05, 4.69) is 15.6 Å². The van der Waals surface area contributed by atoms with Crippen LogP contribution in [0.3, 0.4) is 0 Å². The van der Waals surface area contributed by atoms with Crippen LogP contribution in [0, 0.1) is 11.3 Å². The van der Waals surface area contributed by atoms with E-state index in [9.17, 15) is 4.79 Å². The molecule has 1 amide bonds. The van der Waals surface area contributed by atoms with Gasteiger partial charge in [-0.15, -0.1) is 0 Å². The van der Waals surface area contributed by atoms with Gasteiger partial charge >= 0.3 is 0 Å². The Balaban J connectivity index is 2.18. The minimum Gasteiger partial charge on any atom is -0.384 e. The van der Waals surface area contributed by atoms with Crippen molar-refractivity contribution in [3.63, 3.8) is 0 Å². The number of carbonyl (C=O) groups excluding carboxylic acids is 1. The number of nitrogens with zero attached hydrogens (tertiary/aromatic N) is 2. The maximum absolute atomic E-state index is 12.1. The van der Waals surface area contributed by atoms with E-state index in [4.69, 9.17) is 16.9 Å². The number of nitriles is 1. The predicted octanol–water partition coefficient (Wildman–Crippen LogP) is 3.29. The van der Waals surface area contributed by atoms with E-state index in [-0.39, 0.29) is 5.69 Å². The molecule has 0 atom stereocenters. The largest absolute Gasteiger partial charge is 0.384 e. The van der Waals surface area contributed by atoms with Gasteiger partial charge in [-0.25, -0.2) is 4.98 Å². The van der Waals surface area contributed by atoms with Crippen LogP contribution in [-0.4, -0.2) is 17.4 Å². The standard InChI is InChI=1S/C15H13ClN4O/c1-2-18-12-5-6-13(19-9-12)15(21)20-14-7-11(16)4-3-10(14)8-17/h3-7,9,18H,2H2,1H3,(H,20,21). The summed E-state index contributed by atoms with van der Waals surface area (Å²) in [4.78, 5) is 16.2. The SMILES string of the molecule is CCNc1ccc(C(=O)Nc2cc(Cl)ccc2C#N)nc1. The number of carbonyl (C=O) groups is 1. The highest BCUT2D eigenvalue weighted by Gasteiger charge is 2.11. The normalized spacial score (nSPS) is 9.76. The molecule has 0 aliphatic rings. The minimum atomic E-state index is -0.392. The second-order valence-corrected chi connectivity index (χ2v) is 4.65. The van der Waals surface area contributed by atoms with Crippen molar-refractivity contribution >= 4 is 28.9 Å². The first-order chi connectivity index (χ1) is 10.1. The van der Waals surface area contributed by atoms with Gasteiger partial charge in [-0.1, -0.05) is 11.6 Å². The fraction of sp³-hybridized carbons (Fsp3) is 0.133. The molecule has 106 valence electrons. The lowest BCUT2D eigenvalue weighted by atomic mass is 10.2. The molecule has 0 aliphatic heterocycles. The lowest BCUT2D eigenvalue weighted by molar-refractivity contribution is 0.102. The van der Waals surface area contributed by atoms with E-state index in [1.54, 1.807) is 30.5 Å². The number of benzene rings is 1. The quantitative estimate of drug-likeness (QED) is 0.908. The summed E-state index contributed by atoms with van der Waals surface area (Å²) < 4.78 is 0. The molecule has 1 heterocycles. The first-order valence-electron chi connectivity index (χ1n) is 6.35. The summed E-state index contributed by atoms with van der Waals surface area (Å²) in [7, 11) is 0. The number of pyridine rings is 1. The molecular formula is C15H13ClN4O. The number of hydrogen-bond acceptors (Lipinski definition) is 4. The van der Waals surface area contributed by atoms with Crippen LogP contribution in [0.2, 0.25) is 5.02 Å². The Labute approximate surface area is 127 Å². The van der Waals surface area contributed by atoms with Gasteiger partial charge in [0.05, 0.1) is 23.1 Å². The Morgan fingerprint density at radius 3 is 2.81 bits per heavy atom. The molecule has 0 fully saturated rings. The van der Waals surface area contributed by atoms with Crippen molar-refractivity contribution in [1.29, 1.82) is 5.26 Å². The average Bonchev–Trinajstić information content (AvgIpc) is 2.48. The summed E-state index contributed by atoms with van der Waals surface area (Å²) in [5.41, 5.74) is 1.82. The average molecular weight is 301 g/mol. The molecule has 0 saturated carbocycles. The third-order valence-corrected chi connectivity index (χ3v) is 2.96. The van der Waals surface area contributed by atoms with Gasteiger partial charge < -0.3 is 10.6 Å². The smallest absolute Gasteiger partial charge is 0.274 e. The van der Waals surface area contributed by atoms with Crippen molar-refractivity contribution in [3.8, 4) is 6.07 Å². The van der Waals surface area contributed by atoms with Crippen LogP contribution in [0.15, 0.2) is 36.5 Å². The molecule has 5 nitrogen and oxygen atoms in total. The van der Waals surface area contributed by atoms with Gasteiger partial charge in [0.25, 0.3) is 5.91 Å². The van der Waals surface area contributed by atoms with E-state index < -0.39 is 5.91 Å². The second kappa shape index (κ2) is 6.73. The van der Waals surface area contributed by atoms with Crippen LogP contribution in [0.4, 0.5) is 11.4 Å². The van der Waals surface area contributed by atoms with E-state index in [1.165, 1.54) is 6.07 Å². The molecule has 0 spiro atoms. The molecule has 1 aromatic carbocycles. The van der Waals surface area contributed by atoms with Crippen LogP contribution in [0.1, 0.15) is 23.0 Å². The van der Waals surface area contributed by atoms with Crippen LogP contribution in [-0.2, 0) is 0 Å². The van der Waals surface area contributed by atoms with Gasteiger partial charge in [0.15, 0.2) is 0 Å². The van der Waals surface area contributed by atoms with Gasteiger partial charge in [0.1, 0.15) is 11.8 Å². The third kappa shape index (κ3) is 3.71. The fourth-order valence-corrected chi connectivity index (χ4v) is 1.91. The summed E-state index contributed by atoms with van der Waals surface area (Å²) in [5, 5.41) is 15.2. The lowest BCUT2D eigenvalue weighted by Crippen LogP contribution is -2.14. The molecule has 0 bridgehead atoms. The van der Waals surface area contributed by atoms with E-state index in [0.29, 0.717) is 16.3 Å². The Morgan fingerprint density at radius 1 is 1.38 bits per heavy atom. The zero-order chi connectivity index (χ0) is 15.2. The molecular weight excluding hydrogens is 288 g/mol. The molecule has 21 heavy (non-hydrogen) atoms. The number of aromatic nitrogens is 1. The predicted molar refractivity (Wildman–Crippen MR) is 82.5 cm³/mol. The van der Waals surface area contributed by atoms with Gasteiger partial charge in [-0.05, 0) is 37.3 Å². The summed E-state index contributed by atoms with van der Waals surface area (Å²) in [6, 6.07) is 10.1. The molecule has 0 unspecified atom stereocenters. The number of halogens is 1. The van der Waals surface area contributed by atoms with Crippen LogP contribution < -0.4 is 10.6 Å². The number of anilines is 2. The molecule has 1 aromatic heterocycles. The van der Waals surface area contributed by atoms with Gasteiger partial charge in [-0.2, -0.15) is 5.26 Å². The summed E-state index contributed by atoms with van der Waals surface area (Å²) in [5.74, 6) is -0.392. The number of nitrogens with one attached hydrogen (secondary N) is 2. The maximum atomic E-state index is 12.1. The summed E-state index contributed by atoms with van der Waals surface area (Å²) in [6.45, 7) is 2.75. The van der Waals surface area contributed by atoms with Crippen LogP contribution in [0.25, 0.3) is 0 Å². The molecule has 0 aliphatic carbocycles. The molecule has 2 N–H and O–H groups in total. The molecule has 0 radical (unpaired) electrons. The zero-order valence-corrected chi connectivity index (χ0v) is 12.1. The summed E-state index contributed by atoms with van der Waals surface area (Å²) >= 11 is 5.87. The van der Waals surface area contributed by atoms with E-state index in [1.807, 2.05) is 13.0 Å². The first-order valence-corrected chi connectivity index (χ1v) is 6.72. The highest BCUT2D eigenvalue weighted by atomic mass is 35.5. The van der Waals surface area contributed by atoms with Crippen molar-refractivity contribution in [2.75, 3.05) is 17.2 Å². The first kappa shape index (κ1) is 14.8. The Bertz CT molecular complexity index is 692.